The lowest BCUT2D eigenvalue weighted by molar-refractivity contribution is 0.185. The van der Waals surface area contributed by atoms with E-state index in [0.29, 0.717) is 25.1 Å². The van der Waals surface area contributed by atoms with Crippen molar-refractivity contribution in [2.45, 2.75) is 57.1 Å². The zero-order valence-electron chi connectivity index (χ0n) is 12.7. The van der Waals surface area contributed by atoms with E-state index in [1.54, 1.807) is 7.11 Å². The molecule has 118 valence electrons. The first-order valence-corrected chi connectivity index (χ1v) is 8.81. The topological polar surface area (TPSA) is 58.5 Å². The van der Waals surface area contributed by atoms with Crippen LogP contribution in [0.5, 0.6) is 0 Å². The summed E-state index contributed by atoms with van der Waals surface area (Å²) in [5.41, 5.74) is 0. The molecule has 2 fully saturated rings. The molecule has 2 atom stereocenters. The van der Waals surface area contributed by atoms with Crippen LogP contribution in [0.4, 0.5) is 5.13 Å². The summed E-state index contributed by atoms with van der Waals surface area (Å²) in [7, 11) is 1.70. The fourth-order valence-corrected chi connectivity index (χ4v) is 4.47. The molecule has 0 radical (unpaired) electrons. The molecule has 0 bridgehead atoms. The molecule has 0 spiro atoms. The molecule has 21 heavy (non-hydrogen) atoms. The van der Waals surface area contributed by atoms with E-state index in [2.05, 4.69) is 14.3 Å². The number of hydrogen-bond donors (Lipinski definition) is 1. The molecule has 1 aliphatic carbocycles. The third-order valence-corrected chi connectivity index (χ3v) is 5.54. The van der Waals surface area contributed by atoms with E-state index in [1.165, 1.54) is 43.6 Å². The molecular weight excluding hydrogens is 286 g/mol. The van der Waals surface area contributed by atoms with Crippen molar-refractivity contribution in [3.05, 3.63) is 5.82 Å². The molecule has 1 saturated heterocycles. The Bertz CT molecular complexity index is 448. The zero-order valence-corrected chi connectivity index (χ0v) is 13.5. The molecule has 5 nitrogen and oxygen atoms in total. The van der Waals surface area contributed by atoms with Gasteiger partial charge in [0, 0.05) is 37.6 Å². The molecule has 1 N–H and O–H groups in total. The fraction of sp³-hybridized carbons (Fsp3) is 0.867. The van der Waals surface area contributed by atoms with E-state index >= 15 is 0 Å². The summed E-state index contributed by atoms with van der Waals surface area (Å²) in [6.45, 7) is 1.37. The van der Waals surface area contributed by atoms with Gasteiger partial charge in [-0.25, -0.2) is 4.98 Å². The summed E-state index contributed by atoms with van der Waals surface area (Å²) in [6, 6.07) is 0.448. The minimum absolute atomic E-state index is 0.219. The van der Waals surface area contributed by atoms with Gasteiger partial charge in [-0.05, 0) is 25.2 Å². The van der Waals surface area contributed by atoms with Gasteiger partial charge in [0.15, 0.2) is 0 Å². The number of nitrogens with zero attached hydrogens (tertiary/aromatic N) is 3. The van der Waals surface area contributed by atoms with Crippen LogP contribution in [-0.2, 0) is 11.2 Å². The largest absolute Gasteiger partial charge is 0.391 e. The van der Waals surface area contributed by atoms with Crippen molar-refractivity contribution in [3.8, 4) is 0 Å². The van der Waals surface area contributed by atoms with Crippen LogP contribution in [-0.4, -0.2) is 46.9 Å². The number of aliphatic hydroxyl groups excluding tert-OH is 1. The third kappa shape index (κ3) is 3.55. The first-order chi connectivity index (χ1) is 10.3. The number of methoxy groups -OCH3 is 1. The van der Waals surface area contributed by atoms with E-state index in [0.717, 1.165) is 23.8 Å². The van der Waals surface area contributed by atoms with Gasteiger partial charge in [0.1, 0.15) is 5.82 Å². The molecule has 1 aromatic rings. The third-order valence-electron chi connectivity index (χ3n) is 4.75. The maximum absolute atomic E-state index is 10.1. The Labute approximate surface area is 130 Å². The van der Waals surface area contributed by atoms with Crippen LogP contribution in [0.1, 0.15) is 44.3 Å². The summed E-state index contributed by atoms with van der Waals surface area (Å²) < 4.78 is 9.52. The monoisotopic (exact) mass is 311 g/mol. The van der Waals surface area contributed by atoms with Crippen LogP contribution in [0.3, 0.4) is 0 Å². The molecule has 6 heteroatoms. The Morgan fingerprint density at radius 1 is 1.33 bits per heavy atom. The second-order valence-corrected chi connectivity index (χ2v) is 6.97. The van der Waals surface area contributed by atoms with Crippen molar-refractivity contribution in [1.29, 1.82) is 0 Å². The molecule has 2 heterocycles. The predicted octanol–water partition coefficient (Wildman–Crippen LogP) is 2.25. The summed E-state index contributed by atoms with van der Waals surface area (Å²) in [5.74, 6) is 1.57. The minimum Gasteiger partial charge on any atom is -0.391 e. The Hall–Kier alpha value is -0.720. The number of anilines is 1. The van der Waals surface area contributed by atoms with Gasteiger partial charge in [-0.1, -0.05) is 19.3 Å². The van der Waals surface area contributed by atoms with Gasteiger partial charge >= 0.3 is 0 Å². The molecule has 1 saturated carbocycles. The van der Waals surface area contributed by atoms with Gasteiger partial charge < -0.3 is 14.7 Å². The molecular formula is C15H25N3O2S. The number of hydrogen-bond acceptors (Lipinski definition) is 6. The molecule has 3 rings (SSSR count). The van der Waals surface area contributed by atoms with Crippen molar-refractivity contribution in [2.75, 3.05) is 25.2 Å². The molecule has 0 aromatic carbocycles. The highest BCUT2D eigenvalue weighted by Crippen LogP contribution is 2.37. The molecule has 2 aliphatic rings. The maximum Gasteiger partial charge on any atom is 0.205 e. The second kappa shape index (κ2) is 7.03. The average Bonchev–Trinajstić information content (AvgIpc) is 3.12. The van der Waals surface area contributed by atoms with Gasteiger partial charge in [0.25, 0.3) is 0 Å². The van der Waals surface area contributed by atoms with E-state index in [1.807, 2.05) is 0 Å². The predicted molar refractivity (Wildman–Crippen MR) is 83.8 cm³/mol. The first kappa shape index (κ1) is 15.2. The SMILES string of the molecule is COCCc1nsc(N2C[C@H](O)C[C@H]2C2CCCCC2)n1. The Morgan fingerprint density at radius 2 is 2.14 bits per heavy atom. The van der Waals surface area contributed by atoms with E-state index in [4.69, 9.17) is 4.74 Å². The Kier molecular flexibility index (Phi) is 5.08. The summed E-state index contributed by atoms with van der Waals surface area (Å²) in [5, 5.41) is 11.1. The van der Waals surface area contributed by atoms with E-state index in [9.17, 15) is 5.11 Å². The van der Waals surface area contributed by atoms with Crippen molar-refractivity contribution >= 4 is 16.7 Å². The lowest BCUT2D eigenvalue weighted by Crippen LogP contribution is -2.36. The summed E-state index contributed by atoms with van der Waals surface area (Å²) in [6.07, 6.45) is 8.05. The number of aliphatic hydroxyl groups is 1. The quantitative estimate of drug-likeness (QED) is 0.904. The van der Waals surface area contributed by atoms with Crippen molar-refractivity contribution < 1.29 is 9.84 Å². The second-order valence-electron chi connectivity index (χ2n) is 6.24. The fourth-order valence-electron chi connectivity index (χ4n) is 3.69. The van der Waals surface area contributed by atoms with Gasteiger partial charge in [0.05, 0.1) is 12.7 Å². The van der Waals surface area contributed by atoms with Crippen molar-refractivity contribution in [2.24, 2.45) is 5.92 Å². The smallest absolute Gasteiger partial charge is 0.205 e. The minimum atomic E-state index is -0.219. The average molecular weight is 311 g/mol. The number of rotatable bonds is 5. The standard InChI is InChI=1S/C15H25N3O2S/c1-20-8-7-14-16-15(21-17-14)18-10-12(19)9-13(18)11-5-3-2-4-6-11/h11-13,19H,2-10H2,1H3/t12-,13+/m1/s1. The van der Waals surface area contributed by atoms with Gasteiger partial charge in [-0.2, -0.15) is 4.37 Å². The lowest BCUT2D eigenvalue weighted by atomic mass is 9.83. The van der Waals surface area contributed by atoms with Crippen molar-refractivity contribution in [1.82, 2.24) is 9.36 Å². The highest BCUT2D eigenvalue weighted by atomic mass is 32.1. The lowest BCUT2D eigenvalue weighted by Gasteiger charge is -2.33. The zero-order chi connectivity index (χ0) is 14.7. The van der Waals surface area contributed by atoms with Crippen LogP contribution in [0, 0.1) is 5.92 Å². The van der Waals surface area contributed by atoms with Crippen LogP contribution in [0.15, 0.2) is 0 Å². The van der Waals surface area contributed by atoms with Gasteiger partial charge in [0.2, 0.25) is 5.13 Å². The van der Waals surface area contributed by atoms with E-state index < -0.39 is 0 Å². The maximum atomic E-state index is 10.1. The van der Waals surface area contributed by atoms with Crippen molar-refractivity contribution in [3.63, 3.8) is 0 Å². The van der Waals surface area contributed by atoms with Crippen LogP contribution < -0.4 is 4.90 Å². The molecule has 1 aromatic heterocycles. The molecule has 0 amide bonds. The summed E-state index contributed by atoms with van der Waals surface area (Å²) in [4.78, 5) is 6.97. The highest BCUT2D eigenvalue weighted by molar-refractivity contribution is 7.09. The Balaban J connectivity index is 1.70. The Morgan fingerprint density at radius 3 is 2.90 bits per heavy atom. The number of aromatic nitrogens is 2. The van der Waals surface area contributed by atoms with Gasteiger partial charge in [-0.3, -0.25) is 0 Å². The highest BCUT2D eigenvalue weighted by Gasteiger charge is 2.38. The van der Waals surface area contributed by atoms with Gasteiger partial charge in [-0.15, -0.1) is 0 Å². The van der Waals surface area contributed by atoms with E-state index in [-0.39, 0.29) is 6.10 Å². The normalized spacial score (nSPS) is 27.4. The number of ether oxygens (including phenoxy) is 1. The number of β-amino-alcohol motifs (C(OH)–C–C–N with tert-alkyl or cyclic N) is 1. The summed E-state index contributed by atoms with van der Waals surface area (Å²) >= 11 is 1.47. The van der Waals surface area contributed by atoms with Crippen LogP contribution in [0.25, 0.3) is 0 Å². The molecule has 1 aliphatic heterocycles. The molecule has 0 unspecified atom stereocenters. The van der Waals surface area contributed by atoms with Crippen LogP contribution >= 0.6 is 11.5 Å². The first-order valence-electron chi connectivity index (χ1n) is 8.04. The van der Waals surface area contributed by atoms with Crippen LogP contribution in [0.2, 0.25) is 0 Å².